The highest BCUT2D eigenvalue weighted by Crippen LogP contribution is 2.22. The van der Waals surface area contributed by atoms with Crippen molar-refractivity contribution in [1.29, 1.82) is 0 Å². The van der Waals surface area contributed by atoms with Gasteiger partial charge >= 0.3 is 0 Å². The van der Waals surface area contributed by atoms with E-state index in [0.29, 0.717) is 10.9 Å². The summed E-state index contributed by atoms with van der Waals surface area (Å²) >= 11 is 5.82. The second-order valence-electron chi connectivity index (χ2n) is 4.04. The zero-order valence-electron chi connectivity index (χ0n) is 9.53. The second-order valence-corrected chi connectivity index (χ2v) is 4.48. The Labute approximate surface area is 101 Å². The molecule has 3 N–H and O–H groups in total. The summed E-state index contributed by atoms with van der Waals surface area (Å²) in [5, 5.41) is 3.59. The fourth-order valence-corrected chi connectivity index (χ4v) is 1.66. The van der Waals surface area contributed by atoms with Gasteiger partial charge in [-0.25, -0.2) is 0 Å². The van der Waals surface area contributed by atoms with Crippen LogP contribution >= 0.6 is 11.6 Å². The third-order valence-corrected chi connectivity index (χ3v) is 2.65. The average molecular weight is 241 g/mol. The van der Waals surface area contributed by atoms with E-state index in [-0.39, 0.29) is 18.5 Å². The quantitative estimate of drug-likeness (QED) is 0.847. The maximum atomic E-state index is 11.3. The van der Waals surface area contributed by atoms with Gasteiger partial charge in [-0.2, -0.15) is 0 Å². The molecule has 0 saturated heterocycles. The highest BCUT2D eigenvalue weighted by Gasteiger charge is 2.17. The first-order valence-electron chi connectivity index (χ1n) is 5.29. The van der Waals surface area contributed by atoms with E-state index >= 15 is 0 Å². The molecule has 0 saturated carbocycles. The highest BCUT2D eigenvalue weighted by atomic mass is 35.5. The molecule has 0 heterocycles. The molecule has 1 unspecified atom stereocenters. The Morgan fingerprint density at radius 3 is 2.38 bits per heavy atom. The van der Waals surface area contributed by atoms with E-state index in [1.54, 1.807) is 0 Å². The minimum Gasteiger partial charge on any atom is -0.348 e. The van der Waals surface area contributed by atoms with E-state index < -0.39 is 0 Å². The molecule has 4 heteroatoms. The summed E-state index contributed by atoms with van der Waals surface area (Å²) < 4.78 is 0. The molecular weight excluding hydrogens is 224 g/mol. The molecule has 0 aliphatic heterocycles. The number of amides is 1. The smallest absolute Gasteiger partial charge is 0.234 e. The third-order valence-electron chi connectivity index (χ3n) is 2.40. The summed E-state index contributed by atoms with van der Waals surface area (Å²) in [6.07, 6.45) is 0. The maximum absolute atomic E-state index is 11.3. The summed E-state index contributed by atoms with van der Waals surface area (Å²) in [6.45, 7) is 4.11. The van der Waals surface area contributed by atoms with E-state index in [1.165, 1.54) is 0 Å². The lowest BCUT2D eigenvalue weighted by molar-refractivity contribution is -0.120. The molecule has 16 heavy (non-hydrogen) atoms. The van der Waals surface area contributed by atoms with Crippen LogP contribution in [0.2, 0.25) is 5.02 Å². The monoisotopic (exact) mass is 240 g/mol. The molecule has 1 aromatic carbocycles. The predicted octanol–water partition coefficient (Wildman–Crippen LogP) is 2.11. The lowest BCUT2D eigenvalue weighted by Gasteiger charge is -2.22. The maximum Gasteiger partial charge on any atom is 0.234 e. The lowest BCUT2D eigenvalue weighted by atomic mass is 9.96. The van der Waals surface area contributed by atoms with E-state index in [4.69, 9.17) is 17.3 Å². The average Bonchev–Trinajstić information content (AvgIpc) is 2.26. The van der Waals surface area contributed by atoms with Crippen LogP contribution in [0.4, 0.5) is 0 Å². The van der Waals surface area contributed by atoms with Gasteiger partial charge in [0.15, 0.2) is 0 Å². The zero-order valence-corrected chi connectivity index (χ0v) is 10.3. The molecule has 0 aliphatic rings. The van der Waals surface area contributed by atoms with Crippen LogP contribution in [0.1, 0.15) is 25.5 Å². The molecule has 1 aromatic rings. The number of benzene rings is 1. The first kappa shape index (κ1) is 13.0. The Balaban J connectivity index is 2.85. The van der Waals surface area contributed by atoms with Crippen LogP contribution in [-0.2, 0) is 4.79 Å². The molecule has 1 atom stereocenters. The summed E-state index contributed by atoms with van der Waals surface area (Å²) in [4.78, 5) is 11.3. The van der Waals surface area contributed by atoms with E-state index in [0.717, 1.165) is 5.56 Å². The van der Waals surface area contributed by atoms with Crippen molar-refractivity contribution < 1.29 is 4.79 Å². The Hall–Kier alpha value is -1.06. The van der Waals surface area contributed by atoms with Crippen LogP contribution in [0.15, 0.2) is 24.3 Å². The molecule has 3 nitrogen and oxygen atoms in total. The van der Waals surface area contributed by atoms with Crippen molar-refractivity contribution in [2.24, 2.45) is 11.7 Å². The predicted molar refractivity (Wildman–Crippen MR) is 66.2 cm³/mol. The molecule has 0 radical (unpaired) electrons. The van der Waals surface area contributed by atoms with Crippen molar-refractivity contribution in [2.45, 2.75) is 19.9 Å². The first-order chi connectivity index (χ1) is 7.54. The number of carbonyl (C=O) groups is 1. The SMILES string of the molecule is CC(C)C(NC(=O)CN)c1ccc(Cl)cc1. The lowest BCUT2D eigenvalue weighted by Crippen LogP contribution is -2.36. The number of hydrogen-bond donors (Lipinski definition) is 2. The highest BCUT2D eigenvalue weighted by molar-refractivity contribution is 6.30. The standard InChI is InChI=1S/C12H17ClN2O/c1-8(2)12(15-11(16)7-14)9-3-5-10(13)6-4-9/h3-6,8,12H,7,14H2,1-2H3,(H,15,16). The normalized spacial score (nSPS) is 12.6. The molecule has 0 fully saturated rings. The number of hydrogen-bond acceptors (Lipinski definition) is 2. The van der Waals surface area contributed by atoms with Gasteiger partial charge in [0.25, 0.3) is 0 Å². The van der Waals surface area contributed by atoms with E-state index in [1.807, 2.05) is 24.3 Å². The topological polar surface area (TPSA) is 55.1 Å². The summed E-state index contributed by atoms with van der Waals surface area (Å²) in [5.74, 6) is 0.158. The van der Waals surface area contributed by atoms with Crippen molar-refractivity contribution in [3.05, 3.63) is 34.9 Å². The Morgan fingerprint density at radius 2 is 1.94 bits per heavy atom. The van der Waals surface area contributed by atoms with Crippen LogP contribution in [0.25, 0.3) is 0 Å². The van der Waals surface area contributed by atoms with Crippen LogP contribution < -0.4 is 11.1 Å². The van der Waals surface area contributed by atoms with Gasteiger partial charge in [-0.1, -0.05) is 37.6 Å². The van der Waals surface area contributed by atoms with Gasteiger partial charge in [0.1, 0.15) is 0 Å². The minimum absolute atomic E-state index is 0.0107. The molecule has 0 aliphatic carbocycles. The third kappa shape index (κ3) is 3.51. The second kappa shape index (κ2) is 5.87. The fraction of sp³-hybridized carbons (Fsp3) is 0.417. The summed E-state index contributed by atoms with van der Waals surface area (Å²) in [6, 6.07) is 7.46. The van der Waals surface area contributed by atoms with Gasteiger partial charge in [-0.15, -0.1) is 0 Å². The molecule has 0 bridgehead atoms. The van der Waals surface area contributed by atoms with Crippen LogP contribution in [-0.4, -0.2) is 12.5 Å². The van der Waals surface area contributed by atoms with Gasteiger partial charge in [0.05, 0.1) is 12.6 Å². The van der Waals surface area contributed by atoms with Crippen molar-refractivity contribution in [1.82, 2.24) is 5.32 Å². The zero-order chi connectivity index (χ0) is 12.1. The molecular formula is C12H17ClN2O. The number of rotatable bonds is 4. The molecule has 1 amide bonds. The van der Waals surface area contributed by atoms with Crippen molar-refractivity contribution in [3.8, 4) is 0 Å². The van der Waals surface area contributed by atoms with Crippen LogP contribution in [0, 0.1) is 5.92 Å². The first-order valence-corrected chi connectivity index (χ1v) is 5.67. The van der Waals surface area contributed by atoms with Crippen molar-refractivity contribution in [2.75, 3.05) is 6.54 Å². The number of nitrogens with two attached hydrogens (primary N) is 1. The van der Waals surface area contributed by atoms with Gasteiger partial charge in [0.2, 0.25) is 5.91 Å². The number of halogens is 1. The van der Waals surface area contributed by atoms with Crippen LogP contribution in [0.3, 0.4) is 0 Å². The van der Waals surface area contributed by atoms with Gasteiger partial charge in [-0.3, -0.25) is 4.79 Å². The summed E-state index contributed by atoms with van der Waals surface area (Å²) in [7, 11) is 0. The van der Waals surface area contributed by atoms with Crippen molar-refractivity contribution >= 4 is 17.5 Å². The van der Waals surface area contributed by atoms with E-state index in [9.17, 15) is 4.79 Å². The number of carbonyl (C=O) groups excluding carboxylic acids is 1. The van der Waals surface area contributed by atoms with Gasteiger partial charge in [-0.05, 0) is 23.6 Å². The molecule has 0 spiro atoms. The molecule has 1 rings (SSSR count). The van der Waals surface area contributed by atoms with Gasteiger partial charge in [0, 0.05) is 5.02 Å². The molecule has 0 aromatic heterocycles. The Morgan fingerprint density at radius 1 is 1.38 bits per heavy atom. The Kier molecular flexibility index (Phi) is 4.77. The van der Waals surface area contributed by atoms with E-state index in [2.05, 4.69) is 19.2 Å². The Bertz CT molecular complexity index is 349. The van der Waals surface area contributed by atoms with Gasteiger partial charge < -0.3 is 11.1 Å². The largest absolute Gasteiger partial charge is 0.348 e. The van der Waals surface area contributed by atoms with Crippen LogP contribution in [0.5, 0.6) is 0 Å². The number of nitrogens with one attached hydrogen (secondary N) is 1. The molecule has 88 valence electrons. The summed E-state index contributed by atoms with van der Waals surface area (Å²) in [5.41, 5.74) is 6.33. The fourth-order valence-electron chi connectivity index (χ4n) is 1.54. The minimum atomic E-state index is -0.145. The van der Waals surface area contributed by atoms with Crippen molar-refractivity contribution in [3.63, 3.8) is 0 Å².